The summed E-state index contributed by atoms with van der Waals surface area (Å²) in [5.74, 6) is 4.24. The average Bonchev–Trinajstić information content (AvgIpc) is 3.12. The van der Waals surface area contributed by atoms with Crippen molar-refractivity contribution in [1.82, 2.24) is 0 Å². The highest BCUT2D eigenvalue weighted by Crippen LogP contribution is 2.69. The molecule has 40 heavy (non-hydrogen) atoms. The van der Waals surface area contributed by atoms with Crippen LogP contribution in [0.5, 0.6) is 0 Å². The lowest BCUT2D eigenvalue weighted by molar-refractivity contribution is -0.168. The van der Waals surface area contributed by atoms with Crippen LogP contribution < -0.4 is 0 Å². The highest BCUT2D eigenvalue weighted by atomic mass is 28.4. The van der Waals surface area contributed by atoms with Crippen molar-refractivity contribution in [1.29, 1.82) is 0 Å². The zero-order chi connectivity index (χ0) is 29.9. The standard InChI is InChI=1S/C33H64O4Si3/c1-23(13-16-30(34)37-40(10,11)12)26-14-15-27-31-28(18-20-33(26,27)3)32(2)19-17-25(35-38(4,5)6)21-24(32)22-29(31)36-39(7,8)9/h23-29,31H,13-22H2,1-12H3/t23?,24?,25-,26?,27?,28?,29+,31?,32?,33?/m1/s1. The van der Waals surface area contributed by atoms with Gasteiger partial charge in [0.15, 0.2) is 16.6 Å². The summed E-state index contributed by atoms with van der Waals surface area (Å²) in [6, 6.07) is 0. The molecule has 0 heterocycles. The molecule has 4 aliphatic carbocycles. The van der Waals surface area contributed by atoms with E-state index in [0.717, 1.165) is 24.2 Å². The Bertz CT molecular complexity index is 905. The monoisotopic (exact) mass is 608 g/mol. The first-order chi connectivity index (χ1) is 18.2. The lowest BCUT2D eigenvalue weighted by Gasteiger charge is -2.64. The maximum absolute atomic E-state index is 12.6. The molecule has 0 radical (unpaired) electrons. The summed E-state index contributed by atoms with van der Waals surface area (Å²) in [5, 5.41) is 0. The highest BCUT2D eigenvalue weighted by molar-refractivity contribution is 6.71. The van der Waals surface area contributed by atoms with Crippen LogP contribution in [0.2, 0.25) is 58.9 Å². The molecule has 0 aliphatic heterocycles. The Hall–Kier alpha value is 0.0406. The number of rotatable bonds is 9. The van der Waals surface area contributed by atoms with Crippen molar-refractivity contribution < 1.29 is 18.1 Å². The Morgan fingerprint density at radius 3 is 1.98 bits per heavy atom. The van der Waals surface area contributed by atoms with Gasteiger partial charge in [-0.1, -0.05) is 20.8 Å². The molecule has 4 fully saturated rings. The minimum atomic E-state index is -1.82. The van der Waals surface area contributed by atoms with Gasteiger partial charge in [0, 0.05) is 18.6 Å². The van der Waals surface area contributed by atoms with E-state index in [9.17, 15) is 4.79 Å². The fraction of sp³-hybridized carbons (Fsp3) is 0.970. The quantitative estimate of drug-likeness (QED) is 0.245. The van der Waals surface area contributed by atoms with Gasteiger partial charge in [-0.2, -0.15) is 0 Å². The van der Waals surface area contributed by atoms with Gasteiger partial charge < -0.3 is 13.3 Å². The molecule has 7 heteroatoms. The number of carbonyl (C=O) groups excluding carboxylic acids is 1. The lowest BCUT2D eigenvalue weighted by Crippen LogP contribution is -2.60. The normalized spacial score (nSPS) is 41.0. The third kappa shape index (κ3) is 7.22. The van der Waals surface area contributed by atoms with E-state index in [1.165, 1.54) is 51.4 Å². The molecule has 4 rings (SSSR count). The molecule has 0 bridgehead atoms. The smallest absolute Gasteiger partial charge is 0.292 e. The first-order valence-electron chi connectivity index (χ1n) is 16.8. The van der Waals surface area contributed by atoms with Crippen molar-refractivity contribution in [2.45, 2.75) is 156 Å². The molecule has 4 aliphatic rings. The molecule has 232 valence electrons. The average molecular weight is 609 g/mol. The number of carbonyl (C=O) groups is 1. The summed E-state index contributed by atoms with van der Waals surface area (Å²) in [5.41, 5.74) is 0.792. The van der Waals surface area contributed by atoms with Crippen LogP contribution in [-0.2, 0) is 18.1 Å². The van der Waals surface area contributed by atoms with E-state index in [0.29, 0.717) is 47.2 Å². The summed E-state index contributed by atoms with van der Waals surface area (Å²) in [6.45, 7) is 28.3. The number of hydrogen-bond donors (Lipinski definition) is 0. The van der Waals surface area contributed by atoms with Crippen LogP contribution in [0.4, 0.5) is 0 Å². The fourth-order valence-electron chi connectivity index (χ4n) is 10.3. The van der Waals surface area contributed by atoms with E-state index < -0.39 is 25.0 Å². The minimum Gasteiger partial charge on any atom is -0.520 e. The maximum Gasteiger partial charge on any atom is 0.292 e. The second kappa shape index (κ2) is 11.5. The third-order valence-corrected chi connectivity index (χ3v) is 14.5. The van der Waals surface area contributed by atoms with Gasteiger partial charge in [0.25, 0.3) is 5.97 Å². The predicted octanol–water partition coefficient (Wildman–Crippen LogP) is 9.49. The van der Waals surface area contributed by atoms with Crippen LogP contribution >= 0.6 is 0 Å². The molecule has 8 unspecified atom stereocenters. The van der Waals surface area contributed by atoms with Crippen LogP contribution in [0.1, 0.15) is 85.0 Å². The van der Waals surface area contributed by atoms with E-state index >= 15 is 0 Å². The molecule has 0 saturated heterocycles. The molecule has 4 saturated carbocycles. The van der Waals surface area contributed by atoms with Crippen molar-refractivity contribution in [2.75, 3.05) is 0 Å². The Balaban J connectivity index is 1.54. The third-order valence-electron chi connectivity index (χ3n) is 11.6. The van der Waals surface area contributed by atoms with Gasteiger partial charge >= 0.3 is 0 Å². The van der Waals surface area contributed by atoms with Crippen LogP contribution in [0.3, 0.4) is 0 Å². The largest absolute Gasteiger partial charge is 0.520 e. The first-order valence-corrected chi connectivity index (χ1v) is 27.0. The topological polar surface area (TPSA) is 44.8 Å². The molecule has 4 nitrogen and oxygen atoms in total. The Morgan fingerprint density at radius 1 is 0.775 bits per heavy atom. The molecule has 0 N–H and O–H groups in total. The summed E-state index contributed by atoms with van der Waals surface area (Å²) >= 11 is 0. The van der Waals surface area contributed by atoms with E-state index in [4.69, 9.17) is 13.3 Å². The summed E-state index contributed by atoms with van der Waals surface area (Å²) < 4.78 is 19.7. The van der Waals surface area contributed by atoms with Crippen molar-refractivity contribution >= 4 is 30.9 Å². The van der Waals surface area contributed by atoms with Gasteiger partial charge in [0.05, 0.1) is 0 Å². The summed E-state index contributed by atoms with van der Waals surface area (Å²) in [6.07, 6.45) is 12.8. The first kappa shape index (κ1) is 32.9. The van der Waals surface area contributed by atoms with Gasteiger partial charge in [-0.25, -0.2) is 0 Å². The summed E-state index contributed by atoms with van der Waals surface area (Å²) in [4.78, 5) is 12.6. The molecule has 10 atom stereocenters. The van der Waals surface area contributed by atoms with Crippen molar-refractivity contribution in [3.63, 3.8) is 0 Å². The zero-order valence-corrected chi connectivity index (χ0v) is 31.3. The van der Waals surface area contributed by atoms with Crippen molar-refractivity contribution in [2.24, 2.45) is 46.3 Å². The van der Waals surface area contributed by atoms with E-state index in [1.54, 1.807) is 0 Å². The molecule has 0 aromatic rings. The predicted molar refractivity (Wildman–Crippen MR) is 175 cm³/mol. The molecule has 0 aromatic heterocycles. The van der Waals surface area contributed by atoms with Gasteiger partial charge in [0.1, 0.15) is 0 Å². The van der Waals surface area contributed by atoms with Crippen molar-refractivity contribution in [3.05, 3.63) is 0 Å². The minimum absolute atomic E-state index is 0.0259. The van der Waals surface area contributed by atoms with Crippen molar-refractivity contribution in [3.8, 4) is 0 Å². The maximum atomic E-state index is 12.6. The van der Waals surface area contributed by atoms with Gasteiger partial charge in [-0.3, -0.25) is 4.79 Å². The van der Waals surface area contributed by atoms with Crippen LogP contribution in [0, 0.1) is 46.3 Å². The van der Waals surface area contributed by atoms with Gasteiger partial charge in [-0.15, -0.1) is 0 Å². The Labute approximate surface area is 250 Å². The molecular weight excluding hydrogens is 545 g/mol. The molecular formula is C33H64O4Si3. The molecule has 0 amide bonds. The second-order valence-electron chi connectivity index (χ2n) is 18.0. The van der Waals surface area contributed by atoms with Crippen LogP contribution in [0.25, 0.3) is 0 Å². The van der Waals surface area contributed by atoms with E-state index in [2.05, 4.69) is 79.7 Å². The Morgan fingerprint density at radius 2 is 1.38 bits per heavy atom. The fourth-order valence-corrected chi connectivity index (χ4v) is 13.4. The Kier molecular flexibility index (Phi) is 9.48. The highest BCUT2D eigenvalue weighted by Gasteiger charge is 2.63. The van der Waals surface area contributed by atoms with Gasteiger partial charge in [0.2, 0.25) is 8.32 Å². The SMILES string of the molecule is CC(CCC(=O)O[Si](C)(C)C)C1CCC2C3C(CCC12C)C1(C)CC[C@@H](O[Si](C)(C)C)CC1C[C@@H]3O[Si](C)(C)C. The second-order valence-corrected chi connectivity index (χ2v) is 31.3. The lowest BCUT2D eigenvalue weighted by atomic mass is 9.43. The van der Waals surface area contributed by atoms with Crippen LogP contribution in [0.15, 0.2) is 0 Å². The number of hydrogen-bond acceptors (Lipinski definition) is 4. The molecule has 0 spiro atoms. The van der Waals surface area contributed by atoms with E-state index in [1.807, 2.05) is 0 Å². The van der Waals surface area contributed by atoms with Gasteiger partial charge in [-0.05, 0) is 163 Å². The molecule has 0 aromatic carbocycles. The zero-order valence-electron chi connectivity index (χ0n) is 28.3. The van der Waals surface area contributed by atoms with E-state index in [-0.39, 0.29) is 5.97 Å². The summed E-state index contributed by atoms with van der Waals surface area (Å²) in [7, 11) is -5.04. The number of fused-ring (bicyclic) bond motifs is 5. The van der Waals surface area contributed by atoms with Crippen LogP contribution in [-0.4, -0.2) is 43.1 Å².